The molecule has 0 atom stereocenters. The fraction of sp³-hybridized carbons (Fsp3) is 0.381. The quantitative estimate of drug-likeness (QED) is 0.631. The van der Waals surface area contributed by atoms with Crippen molar-refractivity contribution in [1.82, 2.24) is 9.55 Å². The van der Waals surface area contributed by atoms with Gasteiger partial charge in [-0.15, -0.1) is 0 Å². The number of benzene rings is 1. The van der Waals surface area contributed by atoms with Crippen LogP contribution in [0.4, 0.5) is 0 Å². The molecule has 23 heavy (non-hydrogen) atoms. The van der Waals surface area contributed by atoms with Crippen molar-refractivity contribution in [3.63, 3.8) is 0 Å². The highest BCUT2D eigenvalue weighted by molar-refractivity contribution is 5.95. The molecule has 3 aromatic rings. The number of nitrogens with zero attached hydrogens (tertiary/aromatic N) is 2. The normalized spacial score (nSPS) is 15.1. The van der Waals surface area contributed by atoms with E-state index in [1.807, 2.05) is 6.20 Å². The van der Waals surface area contributed by atoms with Crippen LogP contribution in [-0.2, 0) is 6.54 Å². The van der Waals surface area contributed by atoms with Gasteiger partial charge in [0.05, 0.1) is 11.2 Å². The summed E-state index contributed by atoms with van der Waals surface area (Å²) in [6.45, 7) is 7.77. The van der Waals surface area contributed by atoms with Gasteiger partial charge in [-0.2, -0.15) is 0 Å². The average molecular weight is 304 g/mol. The van der Waals surface area contributed by atoms with Crippen molar-refractivity contribution in [2.45, 2.75) is 46.6 Å². The minimum absolute atomic E-state index is 0.842. The Morgan fingerprint density at radius 3 is 2.43 bits per heavy atom. The van der Waals surface area contributed by atoms with E-state index in [1.165, 1.54) is 52.5 Å². The zero-order chi connectivity index (χ0) is 16.0. The van der Waals surface area contributed by atoms with Crippen LogP contribution in [0.1, 0.15) is 36.1 Å². The van der Waals surface area contributed by atoms with Gasteiger partial charge in [0.1, 0.15) is 0 Å². The van der Waals surface area contributed by atoms with E-state index in [0.29, 0.717) is 0 Å². The monoisotopic (exact) mass is 304 g/mol. The van der Waals surface area contributed by atoms with Crippen molar-refractivity contribution < 1.29 is 0 Å². The van der Waals surface area contributed by atoms with Gasteiger partial charge in [0.25, 0.3) is 0 Å². The molecule has 4 rings (SSSR count). The van der Waals surface area contributed by atoms with Crippen LogP contribution in [0.2, 0.25) is 0 Å². The van der Waals surface area contributed by atoms with Crippen molar-refractivity contribution in [3.05, 3.63) is 53.3 Å². The number of hydrogen-bond acceptors (Lipinski definition) is 1. The first-order chi connectivity index (χ1) is 11.1. The molecule has 1 aliphatic rings. The maximum absolute atomic E-state index is 4.75. The third-order valence-corrected chi connectivity index (χ3v) is 5.54. The van der Waals surface area contributed by atoms with Crippen LogP contribution < -0.4 is 0 Å². The third kappa shape index (κ3) is 2.37. The molecule has 0 radical (unpaired) electrons. The summed E-state index contributed by atoms with van der Waals surface area (Å²) in [5.74, 6) is 0.842. The molecule has 2 heteroatoms. The first-order valence-electron chi connectivity index (χ1n) is 8.66. The van der Waals surface area contributed by atoms with Crippen LogP contribution in [0.3, 0.4) is 0 Å². The maximum Gasteiger partial charge on any atom is 0.0944 e. The summed E-state index contributed by atoms with van der Waals surface area (Å²) in [6.07, 6.45) is 6.10. The molecular formula is C21H24N2. The second kappa shape index (κ2) is 5.52. The molecule has 0 bridgehead atoms. The lowest BCUT2D eigenvalue weighted by molar-refractivity contribution is 0.278. The Hall–Kier alpha value is -2.09. The van der Waals surface area contributed by atoms with E-state index in [1.54, 1.807) is 0 Å². The van der Waals surface area contributed by atoms with E-state index in [0.717, 1.165) is 18.2 Å². The molecular weight excluding hydrogens is 280 g/mol. The van der Waals surface area contributed by atoms with Crippen LogP contribution >= 0.6 is 0 Å². The molecule has 2 heterocycles. The molecule has 0 saturated heterocycles. The first-order valence-corrected chi connectivity index (χ1v) is 8.66. The SMILES string of the molecule is Cc1ccc(-c2nccc3c(C)c(C)n(CC4CCC4)c23)cc1. The molecule has 0 aliphatic heterocycles. The molecule has 0 amide bonds. The zero-order valence-electron chi connectivity index (χ0n) is 14.3. The van der Waals surface area contributed by atoms with E-state index < -0.39 is 0 Å². The summed E-state index contributed by atoms with van der Waals surface area (Å²) in [5, 5.41) is 1.35. The number of aryl methyl sites for hydroxylation is 2. The topological polar surface area (TPSA) is 17.8 Å². The van der Waals surface area contributed by atoms with Crippen molar-refractivity contribution >= 4 is 10.9 Å². The molecule has 1 aromatic carbocycles. The van der Waals surface area contributed by atoms with E-state index in [9.17, 15) is 0 Å². The lowest BCUT2D eigenvalue weighted by Gasteiger charge is -2.27. The van der Waals surface area contributed by atoms with Gasteiger partial charge in [-0.05, 0) is 51.2 Å². The van der Waals surface area contributed by atoms with Gasteiger partial charge < -0.3 is 4.57 Å². The summed E-state index contributed by atoms with van der Waals surface area (Å²) in [5.41, 5.74) is 7.74. The average Bonchev–Trinajstić information content (AvgIpc) is 2.76. The number of rotatable bonds is 3. The molecule has 2 nitrogen and oxygen atoms in total. The van der Waals surface area contributed by atoms with Gasteiger partial charge in [0.2, 0.25) is 0 Å². The predicted molar refractivity (Wildman–Crippen MR) is 96.7 cm³/mol. The second-order valence-electron chi connectivity index (χ2n) is 7.04. The molecule has 1 aliphatic carbocycles. The lowest BCUT2D eigenvalue weighted by Crippen LogP contribution is -2.18. The fourth-order valence-electron chi connectivity index (χ4n) is 3.68. The van der Waals surface area contributed by atoms with Crippen LogP contribution in [0.5, 0.6) is 0 Å². The Morgan fingerprint density at radius 1 is 1.04 bits per heavy atom. The van der Waals surface area contributed by atoms with Crippen LogP contribution in [0.25, 0.3) is 22.2 Å². The van der Waals surface area contributed by atoms with Crippen LogP contribution in [-0.4, -0.2) is 9.55 Å². The van der Waals surface area contributed by atoms with E-state index >= 15 is 0 Å². The summed E-state index contributed by atoms with van der Waals surface area (Å²) >= 11 is 0. The lowest BCUT2D eigenvalue weighted by atomic mass is 9.85. The Morgan fingerprint density at radius 2 is 1.78 bits per heavy atom. The van der Waals surface area contributed by atoms with Crippen molar-refractivity contribution in [2.24, 2.45) is 5.92 Å². The minimum atomic E-state index is 0.842. The highest BCUT2D eigenvalue weighted by atomic mass is 15.0. The van der Waals surface area contributed by atoms with Crippen molar-refractivity contribution in [1.29, 1.82) is 0 Å². The standard InChI is InChI=1S/C21H24N2/c1-14-7-9-18(10-8-14)20-21-19(11-12-22-20)15(2)16(3)23(21)13-17-5-4-6-17/h7-12,17H,4-6,13H2,1-3H3. The molecule has 0 unspecified atom stereocenters. The van der Waals surface area contributed by atoms with Gasteiger partial charge in [-0.3, -0.25) is 4.98 Å². The number of aromatic nitrogens is 2. The van der Waals surface area contributed by atoms with Gasteiger partial charge in [0.15, 0.2) is 0 Å². The summed E-state index contributed by atoms with van der Waals surface area (Å²) in [7, 11) is 0. The Bertz CT molecular complexity index is 852. The number of pyridine rings is 1. The third-order valence-electron chi connectivity index (χ3n) is 5.54. The highest BCUT2D eigenvalue weighted by Gasteiger charge is 2.22. The van der Waals surface area contributed by atoms with Gasteiger partial charge in [0, 0.05) is 29.4 Å². The largest absolute Gasteiger partial charge is 0.343 e. The van der Waals surface area contributed by atoms with Gasteiger partial charge in [-0.1, -0.05) is 36.2 Å². The van der Waals surface area contributed by atoms with Gasteiger partial charge in [-0.25, -0.2) is 0 Å². The molecule has 2 aromatic heterocycles. The van der Waals surface area contributed by atoms with Crippen molar-refractivity contribution in [3.8, 4) is 11.3 Å². The minimum Gasteiger partial charge on any atom is -0.343 e. The van der Waals surface area contributed by atoms with E-state index in [2.05, 4.69) is 55.7 Å². The van der Waals surface area contributed by atoms with E-state index in [4.69, 9.17) is 4.98 Å². The molecule has 1 saturated carbocycles. The van der Waals surface area contributed by atoms with Gasteiger partial charge >= 0.3 is 0 Å². The smallest absolute Gasteiger partial charge is 0.0944 e. The molecule has 0 N–H and O–H groups in total. The van der Waals surface area contributed by atoms with Crippen LogP contribution in [0, 0.1) is 26.7 Å². The zero-order valence-corrected chi connectivity index (χ0v) is 14.3. The van der Waals surface area contributed by atoms with Crippen molar-refractivity contribution in [2.75, 3.05) is 0 Å². The second-order valence-corrected chi connectivity index (χ2v) is 7.04. The summed E-state index contributed by atoms with van der Waals surface area (Å²) in [4.78, 5) is 4.75. The Balaban J connectivity index is 1.93. The number of fused-ring (bicyclic) bond motifs is 1. The predicted octanol–water partition coefficient (Wildman–Crippen LogP) is 5.43. The highest BCUT2D eigenvalue weighted by Crippen LogP contribution is 2.35. The summed E-state index contributed by atoms with van der Waals surface area (Å²) < 4.78 is 2.52. The summed E-state index contributed by atoms with van der Waals surface area (Å²) in [6, 6.07) is 10.9. The Kier molecular flexibility index (Phi) is 3.48. The first kappa shape index (κ1) is 14.5. The Labute approximate surface area is 138 Å². The maximum atomic E-state index is 4.75. The molecule has 0 spiro atoms. The fourth-order valence-corrected chi connectivity index (χ4v) is 3.68. The molecule has 1 fully saturated rings. The van der Waals surface area contributed by atoms with E-state index in [-0.39, 0.29) is 0 Å². The van der Waals surface area contributed by atoms with Crippen LogP contribution in [0.15, 0.2) is 36.5 Å². The molecule has 118 valence electrons. The number of hydrogen-bond donors (Lipinski definition) is 0.